The number of hydrogen-bond acceptors (Lipinski definition) is 5. The Bertz CT molecular complexity index is 729. The van der Waals surface area contributed by atoms with Gasteiger partial charge >= 0.3 is 0 Å². The van der Waals surface area contributed by atoms with Crippen LogP contribution < -0.4 is 5.32 Å². The van der Waals surface area contributed by atoms with Crippen LogP contribution in [0.1, 0.15) is 23.8 Å². The maximum Gasteiger partial charge on any atom is 0.173 e. The van der Waals surface area contributed by atoms with Gasteiger partial charge in [0, 0.05) is 11.4 Å². The number of aryl methyl sites for hydroxylation is 2. The largest absolute Gasteiger partial charge is 0.369 e. The minimum Gasteiger partial charge on any atom is -0.369 e. The van der Waals surface area contributed by atoms with Crippen molar-refractivity contribution >= 4 is 38.7 Å². The van der Waals surface area contributed by atoms with E-state index in [4.69, 9.17) is 9.97 Å². The van der Waals surface area contributed by atoms with E-state index in [0.29, 0.717) is 0 Å². The highest BCUT2D eigenvalue weighted by Gasteiger charge is 2.15. The third-order valence-electron chi connectivity index (χ3n) is 3.31. The Morgan fingerprint density at radius 1 is 1.25 bits per heavy atom. The molecule has 3 heterocycles. The summed E-state index contributed by atoms with van der Waals surface area (Å²) in [6.07, 6.45) is 1.09. The molecule has 0 amide bonds. The lowest BCUT2D eigenvalue weighted by molar-refractivity contribution is 0.970. The quantitative estimate of drug-likeness (QED) is 0.748. The summed E-state index contributed by atoms with van der Waals surface area (Å²) in [4.78, 5) is 13.0. The van der Waals surface area contributed by atoms with Crippen molar-refractivity contribution in [3.63, 3.8) is 0 Å². The Morgan fingerprint density at radius 3 is 2.80 bits per heavy atom. The lowest BCUT2D eigenvalue weighted by Crippen LogP contribution is -2.04. The van der Waals surface area contributed by atoms with E-state index in [-0.39, 0.29) is 0 Å². The number of anilines is 1. The second-order valence-corrected chi connectivity index (χ2v) is 6.91. The number of nitrogens with one attached hydrogen (secondary N) is 1. The van der Waals surface area contributed by atoms with Crippen LogP contribution in [0.2, 0.25) is 0 Å². The molecule has 0 saturated carbocycles. The van der Waals surface area contributed by atoms with Crippen LogP contribution in [0.15, 0.2) is 17.5 Å². The van der Waals surface area contributed by atoms with E-state index in [1.54, 1.807) is 22.7 Å². The number of nitrogens with zero attached hydrogens (tertiary/aromatic N) is 2. The number of thiophene rings is 2. The Balaban J connectivity index is 2.20. The molecule has 0 aliphatic carbocycles. The summed E-state index contributed by atoms with van der Waals surface area (Å²) in [7, 11) is 0. The first kappa shape index (κ1) is 13.5. The maximum atomic E-state index is 4.75. The molecular formula is C15H17N3S2. The standard InChI is InChI=1S/C15H17N3S2/c1-4-7-16-14-12-9(2)10(3)20-15(12)18-13(17-14)11-6-5-8-19-11/h5-6,8H,4,7H2,1-3H3,(H,16,17,18). The second-order valence-electron chi connectivity index (χ2n) is 4.76. The highest BCUT2D eigenvalue weighted by Crippen LogP contribution is 2.35. The zero-order valence-electron chi connectivity index (χ0n) is 11.9. The monoisotopic (exact) mass is 303 g/mol. The molecule has 3 aromatic rings. The van der Waals surface area contributed by atoms with Gasteiger partial charge in [-0.05, 0) is 37.3 Å². The summed E-state index contributed by atoms with van der Waals surface area (Å²) < 4.78 is 0. The molecule has 20 heavy (non-hydrogen) atoms. The molecule has 0 unspecified atom stereocenters. The molecule has 3 nitrogen and oxygen atoms in total. The van der Waals surface area contributed by atoms with Crippen molar-refractivity contribution in [2.24, 2.45) is 0 Å². The van der Waals surface area contributed by atoms with Gasteiger partial charge in [-0.25, -0.2) is 9.97 Å². The number of aromatic nitrogens is 2. The van der Waals surface area contributed by atoms with Crippen LogP contribution in [0, 0.1) is 13.8 Å². The Kier molecular flexibility index (Phi) is 3.72. The predicted octanol–water partition coefficient (Wildman–Crippen LogP) is 4.86. The van der Waals surface area contributed by atoms with Crippen LogP contribution in [-0.4, -0.2) is 16.5 Å². The maximum absolute atomic E-state index is 4.75. The molecule has 0 aromatic carbocycles. The van der Waals surface area contributed by atoms with Crippen LogP contribution >= 0.6 is 22.7 Å². The lowest BCUT2D eigenvalue weighted by Gasteiger charge is -2.08. The molecule has 104 valence electrons. The van der Waals surface area contributed by atoms with Gasteiger partial charge in [-0.3, -0.25) is 0 Å². The average Bonchev–Trinajstić information content (AvgIpc) is 3.06. The molecule has 0 aliphatic heterocycles. The van der Waals surface area contributed by atoms with Gasteiger partial charge in [0.15, 0.2) is 5.82 Å². The molecular weight excluding hydrogens is 286 g/mol. The van der Waals surface area contributed by atoms with Gasteiger partial charge in [0.25, 0.3) is 0 Å². The van der Waals surface area contributed by atoms with E-state index in [0.717, 1.165) is 34.3 Å². The number of rotatable bonds is 4. The van der Waals surface area contributed by atoms with Crippen molar-refractivity contribution in [3.05, 3.63) is 28.0 Å². The molecule has 0 radical (unpaired) electrons. The fourth-order valence-electron chi connectivity index (χ4n) is 2.14. The molecule has 0 fully saturated rings. The summed E-state index contributed by atoms with van der Waals surface area (Å²) in [5.74, 6) is 1.80. The average molecular weight is 303 g/mol. The van der Waals surface area contributed by atoms with Crippen LogP contribution in [0.5, 0.6) is 0 Å². The second kappa shape index (κ2) is 5.50. The van der Waals surface area contributed by atoms with Crippen LogP contribution in [-0.2, 0) is 0 Å². The minimum atomic E-state index is 0.826. The normalized spacial score (nSPS) is 11.2. The predicted molar refractivity (Wildman–Crippen MR) is 89.0 cm³/mol. The van der Waals surface area contributed by atoms with E-state index in [1.807, 2.05) is 6.07 Å². The van der Waals surface area contributed by atoms with Gasteiger partial charge in [0.1, 0.15) is 10.6 Å². The van der Waals surface area contributed by atoms with Crippen molar-refractivity contribution in [2.75, 3.05) is 11.9 Å². The van der Waals surface area contributed by atoms with Gasteiger partial charge in [-0.2, -0.15) is 0 Å². The third kappa shape index (κ3) is 2.31. The Morgan fingerprint density at radius 2 is 2.10 bits per heavy atom. The van der Waals surface area contributed by atoms with Gasteiger partial charge < -0.3 is 5.32 Å². The van der Waals surface area contributed by atoms with Gasteiger partial charge in [-0.1, -0.05) is 13.0 Å². The zero-order valence-corrected chi connectivity index (χ0v) is 13.5. The molecule has 3 aromatic heterocycles. The van der Waals surface area contributed by atoms with E-state index in [9.17, 15) is 0 Å². The van der Waals surface area contributed by atoms with Gasteiger partial charge in [0.2, 0.25) is 0 Å². The zero-order chi connectivity index (χ0) is 14.1. The SMILES string of the molecule is CCCNc1nc(-c2cccs2)nc2sc(C)c(C)c12. The molecule has 5 heteroatoms. The summed E-state index contributed by atoms with van der Waals surface area (Å²) in [6, 6.07) is 4.11. The first-order chi connectivity index (χ1) is 9.70. The van der Waals surface area contributed by atoms with Crippen LogP contribution in [0.4, 0.5) is 5.82 Å². The Hall–Kier alpha value is -1.46. The van der Waals surface area contributed by atoms with Crippen molar-refractivity contribution in [3.8, 4) is 10.7 Å². The van der Waals surface area contributed by atoms with Crippen molar-refractivity contribution in [1.82, 2.24) is 9.97 Å². The molecule has 0 bridgehead atoms. The molecule has 0 aliphatic rings. The summed E-state index contributed by atoms with van der Waals surface area (Å²) in [6.45, 7) is 7.40. The van der Waals surface area contributed by atoms with Crippen molar-refractivity contribution in [1.29, 1.82) is 0 Å². The number of fused-ring (bicyclic) bond motifs is 1. The van der Waals surface area contributed by atoms with Crippen molar-refractivity contribution < 1.29 is 0 Å². The first-order valence-corrected chi connectivity index (χ1v) is 8.45. The van der Waals surface area contributed by atoms with E-state index >= 15 is 0 Å². The molecule has 0 saturated heterocycles. The smallest absolute Gasteiger partial charge is 0.173 e. The van der Waals surface area contributed by atoms with Gasteiger partial charge in [0.05, 0.1) is 10.3 Å². The van der Waals surface area contributed by atoms with E-state index in [2.05, 4.69) is 37.5 Å². The molecule has 1 N–H and O–H groups in total. The fourth-order valence-corrected chi connectivity index (χ4v) is 3.82. The highest BCUT2D eigenvalue weighted by atomic mass is 32.1. The van der Waals surface area contributed by atoms with Gasteiger partial charge in [-0.15, -0.1) is 22.7 Å². The first-order valence-electron chi connectivity index (χ1n) is 6.76. The van der Waals surface area contributed by atoms with Crippen LogP contribution in [0.25, 0.3) is 20.9 Å². The third-order valence-corrected chi connectivity index (χ3v) is 5.28. The lowest BCUT2D eigenvalue weighted by atomic mass is 10.2. The fraction of sp³-hybridized carbons (Fsp3) is 0.333. The number of hydrogen-bond donors (Lipinski definition) is 1. The summed E-state index contributed by atoms with van der Waals surface area (Å²) in [5, 5.41) is 6.70. The topological polar surface area (TPSA) is 37.8 Å². The molecule has 0 spiro atoms. The van der Waals surface area contributed by atoms with E-state index in [1.165, 1.54) is 15.8 Å². The minimum absolute atomic E-state index is 0.826. The summed E-state index contributed by atoms with van der Waals surface area (Å²) >= 11 is 3.43. The Labute approximate surface area is 126 Å². The molecule has 3 rings (SSSR count). The highest BCUT2D eigenvalue weighted by molar-refractivity contribution is 7.19. The van der Waals surface area contributed by atoms with Crippen molar-refractivity contribution in [2.45, 2.75) is 27.2 Å². The molecule has 0 atom stereocenters. The van der Waals surface area contributed by atoms with Crippen LogP contribution in [0.3, 0.4) is 0 Å². The summed E-state index contributed by atoms with van der Waals surface area (Å²) in [5.41, 5.74) is 1.29. The van der Waals surface area contributed by atoms with E-state index < -0.39 is 0 Å².